The van der Waals surface area contributed by atoms with Crippen LogP contribution in [0.5, 0.6) is 0 Å². The first kappa shape index (κ1) is 49.0. The van der Waals surface area contributed by atoms with Gasteiger partial charge in [-0.15, -0.1) is 0 Å². The van der Waals surface area contributed by atoms with Crippen LogP contribution < -0.4 is 5.73 Å². The molecule has 2 atom stereocenters. The molecule has 296 valence electrons. The Hall–Kier alpha value is -2.03. The van der Waals surface area contributed by atoms with Crippen molar-refractivity contribution in [2.45, 2.75) is 174 Å². The van der Waals surface area contributed by atoms with Crippen LogP contribution in [0, 0.1) is 0 Å². The lowest BCUT2D eigenvalue weighted by atomic mass is 10.1. The maximum atomic E-state index is 12.5. The summed E-state index contributed by atoms with van der Waals surface area (Å²) >= 11 is 0. The molecule has 0 aliphatic heterocycles. The maximum Gasteiger partial charge on any atom is 0.472 e. The second-order valence-electron chi connectivity index (χ2n) is 13.1. The summed E-state index contributed by atoms with van der Waals surface area (Å²) in [5.41, 5.74) is 5.33. The van der Waals surface area contributed by atoms with Gasteiger partial charge >= 0.3 is 19.8 Å². The van der Waals surface area contributed by atoms with Crippen LogP contribution in [-0.2, 0) is 32.7 Å². The molecule has 0 rings (SSSR count). The zero-order valence-electron chi connectivity index (χ0n) is 32.3. The van der Waals surface area contributed by atoms with E-state index in [1.54, 1.807) is 0 Å². The number of hydrogen-bond acceptors (Lipinski definition) is 8. The van der Waals surface area contributed by atoms with Gasteiger partial charge in [0.25, 0.3) is 0 Å². The molecule has 0 saturated carbocycles. The second-order valence-corrected chi connectivity index (χ2v) is 14.6. The molecule has 0 spiro atoms. The number of carbonyl (C=O) groups is 2. The van der Waals surface area contributed by atoms with Crippen LogP contribution in [0.2, 0.25) is 0 Å². The van der Waals surface area contributed by atoms with Crippen molar-refractivity contribution in [3.8, 4) is 0 Å². The minimum Gasteiger partial charge on any atom is -0.462 e. The summed E-state index contributed by atoms with van der Waals surface area (Å²) in [4.78, 5) is 34.8. The molecule has 0 aromatic carbocycles. The van der Waals surface area contributed by atoms with E-state index in [-0.39, 0.29) is 32.6 Å². The normalized spacial score (nSPS) is 13.9. The Morgan fingerprint density at radius 1 is 0.588 bits per heavy atom. The van der Waals surface area contributed by atoms with Crippen LogP contribution in [0.4, 0.5) is 0 Å². The van der Waals surface area contributed by atoms with E-state index in [1.807, 2.05) is 0 Å². The van der Waals surface area contributed by atoms with E-state index >= 15 is 0 Å². The number of unbranched alkanes of at least 4 members (excludes halogenated alkanes) is 16. The predicted octanol–water partition coefficient (Wildman–Crippen LogP) is 11.2. The van der Waals surface area contributed by atoms with E-state index in [1.165, 1.54) is 51.4 Å². The fourth-order valence-corrected chi connectivity index (χ4v) is 5.93. The standard InChI is InChI=1S/C41H74NO8P/c1-3-5-7-9-11-13-15-17-19-21-23-25-27-29-31-33-40(43)47-37-39(38-49-51(45,46)48-36-35-42)50-41(44)34-32-30-28-26-24-22-20-18-16-14-12-10-8-6-4-2/h11-14,17-20,39H,3-10,15-16,21-38,42H2,1-2H3,(H,45,46)/b13-11-,14-12-,19-17-,20-18-/t39-/m0/s1. The van der Waals surface area contributed by atoms with Gasteiger partial charge in [-0.2, -0.15) is 0 Å². The third kappa shape index (κ3) is 37.5. The summed E-state index contributed by atoms with van der Waals surface area (Å²) in [6.07, 6.45) is 41.3. The molecule has 1 unspecified atom stereocenters. The van der Waals surface area contributed by atoms with Gasteiger partial charge in [-0.25, -0.2) is 4.57 Å². The molecule has 0 aliphatic carbocycles. The van der Waals surface area contributed by atoms with Gasteiger partial charge in [0.1, 0.15) is 6.61 Å². The lowest BCUT2D eigenvalue weighted by Crippen LogP contribution is -2.29. The van der Waals surface area contributed by atoms with E-state index in [4.69, 9.17) is 24.3 Å². The number of esters is 2. The van der Waals surface area contributed by atoms with Crippen molar-refractivity contribution in [2.24, 2.45) is 5.73 Å². The van der Waals surface area contributed by atoms with Crippen molar-refractivity contribution in [3.63, 3.8) is 0 Å². The Morgan fingerprint density at radius 3 is 1.49 bits per heavy atom. The van der Waals surface area contributed by atoms with Gasteiger partial charge in [0.05, 0.1) is 13.2 Å². The van der Waals surface area contributed by atoms with Crippen LogP contribution in [-0.4, -0.2) is 49.3 Å². The number of carbonyl (C=O) groups excluding carboxylic acids is 2. The number of hydrogen-bond donors (Lipinski definition) is 2. The van der Waals surface area contributed by atoms with Crippen LogP contribution in [0.25, 0.3) is 0 Å². The average molecular weight is 740 g/mol. The molecule has 0 bridgehead atoms. The molecular formula is C41H74NO8P. The highest BCUT2D eigenvalue weighted by atomic mass is 31.2. The molecule has 3 N–H and O–H groups in total. The van der Waals surface area contributed by atoms with Crippen LogP contribution in [0.1, 0.15) is 168 Å². The summed E-state index contributed by atoms with van der Waals surface area (Å²) in [5.74, 6) is -0.864. The van der Waals surface area contributed by atoms with Gasteiger partial charge in [0, 0.05) is 19.4 Å². The van der Waals surface area contributed by atoms with E-state index < -0.39 is 32.5 Å². The van der Waals surface area contributed by atoms with Gasteiger partial charge in [-0.05, 0) is 77.0 Å². The van der Waals surface area contributed by atoms with E-state index in [2.05, 4.69) is 62.5 Å². The molecule has 0 saturated heterocycles. The zero-order valence-corrected chi connectivity index (χ0v) is 33.2. The molecule has 51 heavy (non-hydrogen) atoms. The highest BCUT2D eigenvalue weighted by Crippen LogP contribution is 2.43. The lowest BCUT2D eigenvalue weighted by Gasteiger charge is -2.19. The fraction of sp³-hybridized carbons (Fsp3) is 0.756. The summed E-state index contributed by atoms with van der Waals surface area (Å²) in [5, 5.41) is 0. The molecule has 0 heterocycles. The van der Waals surface area contributed by atoms with Gasteiger partial charge in [-0.1, -0.05) is 127 Å². The first-order valence-electron chi connectivity index (χ1n) is 20.1. The number of phosphoric ester groups is 1. The van der Waals surface area contributed by atoms with Crippen molar-refractivity contribution < 1.29 is 37.6 Å². The topological polar surface area (TPSA) is 134 Å². The molecule has 0 aromatic heterocycles. The van der Waals surface area contributed by atoms with Gasteiger partial charge in [0.15, 0.2) is 6.10 Å². The van der Waals surface area contributed by atoms with Crippen molar-refractivity contribution in [1.82, 2.24) is 0 Å². The molecular weight excluding hydrogens is 665 g/mol. The van der Waals surface area contributed by atoms with Crippen LogP contribution in [0.15, 0.2) is 48.6 Å². The maximum absolute atomic E-state index is 12.5. The Bertz CT molecular complexity index is 981. The van der Waals surface area contributed by atoms with E-state index in [9.17, 15) is 19.0 Å². The highest BCUT2D eigenvalue weighted by molar-refractivity contribution is 7.47. The first-order valence-corrected chi connectivity index (χ1v) is 21.6. The highest BCUT2D eigenvalue weighted by Gasteiger charge is 2.25. The lowest BCUT2D eigenvalue weighted by molar-refractivity contribution is -0.161. The second kappa shape index (κ2) is 37.7. The Labute approximate surface area is 311 Å². The Morgan fingerprint density at radius 2 is 1.02 bits per heavy atom. The monoisotopic (exact) mass is 740 g/mol. The quantitative estimate of drug-likeness (QED) is 0.0276. The number of rotatable bonds is 37. The zero-order chi connectivity index (χ0) is 37.5. The molecule has 0 aromatic rings. The van der Waals surface area contributed by atoms with Crippen molar-refractivity contribution in [3.05, 3.63) is 48.6 Å². The van der Waals surface area contributed by atoms with Crippen molar-refractivity contribution in [1.29, 1.82) is 0 Å². The minimum atomic E-state index is -4.38. The number of ether oxygens (including phenoxy) is 2. The summed E-state index contributed by atoms with van der Waals surface area (Å²) < 4.78 is 32.7. The van der Waals surface area contributed by atoms with Crippen molar-refractivity contribution in [2.75, 3.05) is 26.4 Å². The van der Waals surface area contributed by atoms with Gasteiger partial charge < -0.3 is 20.1 Å². The molecule has 0 aliphatic rings. The smallest absolute Gasteiger partial charge is 0.462 e. The molecule has 9 nitrogen and oxygen atoms in total. The van der Waals surface area contributed by atoms with E-state index in [0.29, 0.717) is 12.8 Å². The van der Waals surface area contributed by atoms with Gasteiger partial charge in [0.2, 0.25) is 0 Å². The third-order valence-corrected chi connectivity index (χ3v) is 9.17. The average Bonchev–Trinajstić information content (AvgIpc) is 3.11. The predicted molar refractivity (Wildman–Crippen MR) is 210 cm³/mol. The third-order valence-electron chi connectivity index (χ3n) is 8.19. The molecule has 0 radical (unpaired) electrons. The number of allylic oxidation sites excluding steroid dienone is 8. The van der Waals surface area contributed by atoms with Crippen molar-refractivity contribution >= 4 is 19.8 Å². The summed E-state index contributed by atoms with van der Waals surface area (Å²) in [6.45, 7) is 3.63. The summed E-state index contributed by atoms with van der Waals surface area (Å²) in [6, 6.07) is 0. The minimum absolute atomic E-state index is 0.0473. The largest absolute Gasteiger partial charge is 0.472 e. The molecule has 0 fully saturated rings. The van der Waals surface area contributed by atoms with Crippen LogP contribution in [0.3, 0.4) is 0 Å². The van der Waals surface area contributed by atoms with E-state index in [0.717, 1.165) is 77.0 Å². The number of phosphoric acid groups is 1. The Balaban J connectivity index is 4.26. The summed E-state index contributed by atoms with van der Waals surface area (Å²) in [7, 11) is -4.38. The number of nitrogens with two attached hydrogens (primary N) is 1. The Kier molecular flexibility index (Phi) is 36.2. The molecule has 0 amide bonds. The fourth-order valence-electron chi connectivity index (χ4n) is 5.16. The first-order chi connectivity index (χ1) is 24.8. The van der Waals surface area contributed by atoms with Gasteiger partial charge in [-0.3, -0.25) is 18.6 Å². The van der Waals surface area contributed by atoms with Crippen LogP contribution >= 0.6 is 7.82 Å². The SMILES string of the molecule is CCCCC/C=C\C/C=C\CCCCCCCC(=O)OC[C@@H](COP(=O)(O)OCCN)OC(=O)CCCCCCC/C=C\C/C=C\CCCCC. The molecule has 10 heteroatoms.